The number of anilines is 2. The summed E-state index contributed by atoms with van der Waals surface area (Å²) < 4.78 is 31.3. The second-order valence-corrected chi connectivity index (χ2v) is 6.75. The highest BCUT2D eigenvalue weighted by Crippen LogP contribution is 2.27. The summed E-state index contributed by atoms with van der Waals surface area (Å²) in [4.78, 5) is 40.6. The second kappa shape index (κ2) is 9.45. The second-order valence-electron chi connectivity index (χ2n) is 6.75. The first-order chi connectivity index (χ1) is 14.4. The van der Waals surface area contributed by atoms with E-state index >= 15 is 0 Å². The third-order valence-corrected chi connectivity index (χ3v) is 4.66. The van der Waals surface area contributed by atoms with Crippen molar-refractivity contribution in [3.05, 3.63) is 60.2 Å². The minimum absolute atomic E-state index is 0.213. The van der Waals surface area contributed by atoms with E-state index in [4.69, 9.17) is 4.74 Å². The van der Waals surface area contributed by atoms with E-state index in [1.54, 1.807) is 0 Å². The maximum Gasteiger partial charge on any atom is 0.332 e. The van der Waals surface area contributed by atoms with Gasteiger partial charge in [0.25, 0.3) is 5.91 Å². The average Bonchev–Trinajstić information content (AvgIpc) is 2.94. The number of ether oxygens (including phenoxy) is 1. The van der Waals surface area contributed by atoms with E-state index in [9.17, 15) is 23.2 Å². The van der Waals surface area contributed by atoms with E-state index in [1.807, 2.05) is 0 Å². The van der Waals surface area contributed by atoms with Crippen LogP contribution in [0.1, 0.15) is 12.8 Å². The number of carbonyl (C=O) groups is 3. The highest BCUT2D eigenvalue weighted by Gasteiger charge is 2.46. The Kier molecular flexibility index (Phi) is 6.73. The Balaban J connectivity index is 1.78. The number of amides is 4. The van der Waals surface area contributed by atoms with Crippen molar-refractivity contribution in [3.63, 3.8) is 0 Å². The van der Waals surface area contributed by atoms with Gasteiger partial charge in [0, 0.05) is 25.9 Å². The topological polar surface area (TPSA) is 79.0 Å². The van der Waals surface area contributed by atoms with Crippen LogP contribution >= 0.6 is 0 Å². The monoisotopic (exact) mass is 417 g/mol. The molecule has 0 unspecified atom stereocenters. The lowest BCUT2D eigenvalue weighted by molar-refractivity contribution is -0.124. The van der Waals surface area contributed by atoms with Crippen molar-refractivity contribution in [2.45, 2.75) is 18.9 Å². The molecule has 0 saturated carbocycles. The number of rotatable bonds is 8. The fourth-order valence-corrected chi connectivity index (χ4v) is 3.22. The average molecular weight is 417 g/mol. The molecule has 1 atom stereocenters. The Hall–Kier alpha value is -3.33. The lowest BCUT2D eigenvalue weighted by atomic mass is 10.1. The van der Waals surface area contributed by atoms with Crippen LogP contribution in [0.4, 0.5) is 25.0 Å². The number of hydrogen-bond acceptors (Lipinski definition) is 4. The van der Waals surface area contributed by atoms with Gasteiger partial charge in [-0.1, -0.05) is 0 Å². The molecule has 2 aromatic rings. The summed E-state index contributed by atoms with van der Waals surface area (Å²) in [7, 11) is 1.52. The molecule has 0 spiro atoms. The van der Waals surface area contributed by atoms with Crippen LogP contribution in [0, 0.1) is 11.6 Å². The van der Waals surface area contributed by atoms with Crippen LogP contribution in [0.3, 0.4) is 0 Å². The summed E-state index contributed by atoms with van der Waals surface area (Å²) in [5.74, 6) is -2.00. The Morgan fingerprint density at radius 3 is 2.23 bits per heavy atom. The van der Waals surface area contributed by atoms with E-state index in [0.717, 1.165) is 17.0 Å². The highest BCUT2D eigenvalue weighted by atomic mass is 19.1. The molecule has 30 heavy (non-hydrogen) atoms. The molecule has 9 heteroatoms. The smallest absolute Gasteiger partial charge is 0.332 e. The van der Waals surface area contributed by atoms with E-state index in [0.29, 0.717) is 18.7 Å². The molecule has 158 valence electrons. The standard InChI is InChI=1S/C21H21F2N3O4/c1-30-12-2-11-25-18(13-19(27)24-16-7-3-14(22)4-8-16)20(28)26(21(25)29)17-9-5-15(23)6-10-17/h3-10,18H,2,11-13H2,1H3,(H,24,27)/t18-/m0/s1. The number of carbonyl (C=O) groups excluding carboxylic acids is 3. The molecule has 1 saturated heterocycles. The predicted octanol–water partition coefficient (Wildman–Crippen LogP) is 3.17. The van der Waals surface area contributed by atoms with Gasteiger partial charge >= 0.3 is 6.03 Å². The molecule has 1 N–H and O–H groups in total. The van der Waals surface area contributed by atoms with Crippen molar-refractivity contribution >= 4 is 29.2 Å². The van der Waals surface area contributed by atoms with Crippen molar-refractivity contribution < 1.29 is 27.9 Å². The molecule has 1 aliphatic rings. The largest absolute Gasteiger partial charge is 0.385 e. The van der Waals surface area contributed by atoms with Crippen LogP contribution in [-0.4, -0.2) is 49.0 Å². The fraction of sp³-hybridized carbons (Fsp3) is 0.286. The number of urea groups is 1. The number of halogens is 2. The molecular formula is C21H21F2N3O4. The van der Waals surface area contributed by atoms with Gasteiger partial charge in [0.05, 0.1) is 12.1 Å². The summed E-state index contributed by atoms with van der Waals surface area (Å²) in [6, 6.07) is 8.58. The molecule has 2 aromatic carbocycles. The lowest BCUT2D eigenvalue weighted by Crippen LogP contribution is -2.38. The minimum atomic E-state index is -1.01. The number of nitrogens with zero attached hydrogens (tertiary/aromatic N) is 2. The molecule has 0 aromatic heterocycles. The van der Waals surface area contributed by atoms with Gasteiger partial charge in [0.15, 0.2) is 0 Å². The lowest BCUT2D eigenvalue weighted by Gasteiger charge is -2.21. The summed E-state index contributed by atoms with van der Waals surface area (Å²) >= 11 is 0. The zero-order chi connectivity index (χ0) is 21.7. The first-order valence-electron chi connectivity index (χ1n) is 9.35. The number of nitrogens with one attached hydrogen (secondary N) is 1. The normalized spacial score (nSPS) is 16.3. The van der Waals surface area contributed by atoms with Crippen LogP contribution < -0.4 is 10.2 Å². The van der Waals surface area contributed by atoms with Gasteiger partial charge in [-0.15, -0.1) is 0 Å². The van der Waals surface area contributed by atoms with Gasteiger partial charge in [-0.25, -0.2) is 18.5 Å². The maximum absolute atomic E-state index is 13.2. The molecule has 4 amide bonds. The third-order valence-electron chi connectivity index (χ3n) is 4.66. The first kappa shape index (κ1) is 21.4. The van der Waals surface area contributed by atoms with Crippen molar-refractivity contribution in [1.82, 2.24) is 4.90 Å². The molecule has 1 aliphatic heterocycles. The van der Waals surface area contributed by atoms with Gasteiger partial charge in [-0.3, -0.25) is 9.59 Å². The van der Waals surface area contributed by atoms with Gasteiger partial charge in [0.2, 0.25) is 5.91 Å². The summed E-state index contributed by atoms with van der Waals surface area (Å²) in [6.07, 6.45) is 0.204. The van der Waals surface area contributed by atoms with Gasteiger partial charge in [0.1, 0.15) is 17.7 Å². The zero-order valence-corrected chi connectivity index (χ0v) is 16.3. The molecule has 0 bridgehead atoms. The Morgan fingerprint density at radius 2 is 1.63 bits per heavy atom. The van der Waals surface area contributed by atoms with Crippen LogP contribution in [0.5, 0.6) is 0 Å². The molecule has 0 aliphatic carbocycles. The van der Waals surface area contributed by atoms with Crippen molar-refractivity contribution in [1.29, 1.82) is 0 Å². The highest BCUT2D eigenvalue weighted by molar-refractivity contribution is 6.22. The summed E-state index contributed by atoms with van der Waals surface area (Å²) in [6.45, 7) is 0.591. The SMILES string of the molecule is COCCCN1C(=O)N(c2ccc(F)cc2)C(=O)[C@@H]1CC(=O)Nc1ccc(F)cc1. The van der Waals surface area contributed by atoms with E-state index < -0.39 is 35.5 Å². The molecule has 0 radical (unpaired) electrons. The Bertz CT molecular complexity index is 919. The number of methoxy groups -OCH3 is 1. The van der Waals surface area contributed by atoms with Gasteiger partial charge in [-0.05, 0) is 55.0 Å². The van der Waals surface area contributed by atoms with Crippen LogP contribution in [0.2, 0.25) is 0 Å². The van der Waals surface area contributed by atoms with Crippen molar-refractivity contribution in [2.24, 2.45) is 0 Å². The van der Waals surface area contributed by atoms with E-state index in [-0.39, 0.29) is 18.7 Å². The van der Waals surface area contributed by atoms with Crippen LogP contribution in [-0.2, 0) is 14.3 Å². The van der Waals surface area contributed by atoms with Gasteiger partial charge < -0.3 is 15.0 Å². The Labute approximate surface area is 172 Å². The molecule has 1 heterocycles. The van der Waals surface area contributed by atoms with Crippen molar-refractivity contribution in [2.75, 3.05) is 30.5 Å². The fourth-order valence-electron chi connectivity index (χ4n) is 3.22. The Morgan fingerprint density at radius 1 is 1.03 bits per heavy atom. The summed E-state index contributed by atoms with van der Waals surface area (Å²) in [5, 5.41) is 2.59. The van der Waals surface area contributed by atoms with Crippen LogP contribution in [0.15, 0.2) is 48.5 Å². The van der Waals surface area contributed by atoms with E-state index in [1.165, 1.54) is 48.4 Å². The van der Waals surface area contributed by atoms with E-state index in [2.05, 4.69) is 5.32 Å². The predicted molar refractivity (Wildman–Crippen MR) is 106 cm³/mol. The number of hydrogen-bond donors (Lipinski definition) is 1. The molecule has 1 fully saturated rings. The zero-order valence-electron chi connectivity index (χ0n) is 16.3. The first-order valence-corrected chi connectivity index (χ1v) is 9.35. The summed E-state index contributed by atoms with van der Waals surface area (Å²) in [5.41, 5.74) is 0.601. The van der Waals surface area contributed by atoms with Crippen molar-refractivity contribution in [3.8, 4) is 0 Å². The maximum atomic E-state index is 13.2. The molecular weight excluding hydrogens is 396 g/mol. The van der Waals surface area contributed by atoms with Crippen LogP contribution in [0.25, 0.3) is 0 Å². The molecule has 7 nitrogen and oxygen atoms in total. The molecule has 3 rings (SSSR count). The number of imide groups is 1. The van der Waals surface area contributed by atoms with Gasteiger partial charge in [-0.2, -0.15) is 0 Å². The minimum Gasteiger partial charge on any atom is -0.385 e. The third kappa shape index (κ3) is 4.80. The quantitative estimate of drug-likeness (QED) is 0.529. The number of benzene rings is 2.